The van der Waals surface area contributed by atoms with Crippen molar-refractivity contribution in [3.63, 3.8) is 0 Å². The molecule has 21 heavy (non-hydrogen) atoms. The molecule has 4 nitrogen and oxygen atoms in total. The van der Waals surface area contributed by atoms with E-state index in [2.05, 4.69) is 20.9 Å². The molecular weight excluding hydrogens is 356 g/mol. The SMILES string of the molecule is Cc1nc2c(C(=O)O)cccc2n1-c1cccc(Cl)c1Br. The van der Waals surface area contributed by atoms with Crippen molar-refractivity contribution in [1.29, 1.82) is 0 Å². The molecule has 0 unspecified atom stereocenters. The smallest absolute Gasteiger partial charge is 0.337 e. The number of para-hydroxylation sites is 1. The van der Waals surface area contributed by atoms with E-state index in [1.807, 2.05) is 29.7 Å². The zero-order valence-electron chi connectivity index (χ0n) is 11.0. The number of hydrogen-bond acceptors (Lipinski definition) is 2. The number of aromatic carboxylic acids is 1. The number of carboxylic acid groups (broad SMARTS) is 1. The summed E-state index contributed by atoms with van der Waals surface area (Å²) in [6.07, 6.45) is 0. The van der Waals surface area contributed by atoms with E-state index < -0.39 is 5.97 Å². The Morgan fingerprint density at radius 1 is 1.29 bits per heavy atom. The van der Waals surface area contributed by atoms with Crippen molar-refractivity contribution in [3.8, 4) is 5.69 Å². The highest BCUT2D eigenvalue weighted by molar-refractivity contribution is 9.10. The summed E-state index contributed by atoms with van der Waals surface area (Å²) in [6.45, 7) is 1.83. The summed E-state index contributed by atoms with van der Waals surface area (Å²) in [5.41, 5.74) is 2.21. The van der Waals surface area contributed by atoms with Gasteiger partial charge in [0.1, 0.15) is 11.3 Å². The standard InChI is InChI=1S/C15H10BrClN2O2/c1-8-18-14-9(15(20)21)4-2-7-12(14)19(8)11-6-3-5-10(17)13(11)16/h2-7H,1H3,(H,20,21). The fourth-order valence-electron chi connectivity index (χ4n) is 2.36. The Labute approximate surface area is 134 Å². The molecule has 0 spiro atoms. The number of benzene rings is 2. The quantitative estimate of drug-likeness (QED) is 0.730. The molecule has 0 aliphatic heterocycles. The van der Waals surface area contributed by atoms with Gasteiger partial charge < -0.3 is 5.11 Å². The van der Waals surface area contributed by atoms with Crippen LogP contribution in [0.5, 0.6) is 0 Å². The third-order valence-corrected chi connectivity index (χ3v) is 4.63. The number of nitrogens with zero attached hydrogens (tertiary/aromatic N) is 2. The first kappa shape index (κ1) is 14.1. The molecule has 6 heteroatoms. The largest absolute Gasteiger partial charge is 0.478 e. The van der Waals surface area contributed by atoms with Crippen LogP contribution in [0.4, 0.5) is 0 Å². The van der Waals surface area contributed by atoms with Gasteiger partial charge in [0.25, 0.3) is 0 Å². The number of halogens is 2. The van der Waals surface area contributed by atoms with E-state index in [-0.39, 0.29) is 5.56 Å². The first-order valence-electron chi connectivity index (χ1n) is 6.16. The summed E-state index contributed by atoms with van der Waals surface area (Å²) in [5, 5.41) is 9.86. The number of imidazole rings is 1. The predicted octanol–water partition coefficient (Wildman–Crippen LogP) is 4.45. The lowest BCUT2D eigenvalue weighted by molar-refractivity contribution is 0.0699. The van der Waals surface area contributed by atoms with Crippen LogP contribution in [0.15, 0.2) is 40.9 Å². The Hall–Kier alpha value is -1.85. The van der Waals surface area contributed by atoms with Crippen molar-refractivity contribution < 1.29 is 9.90 Å². The molecule has 1 N–H and O–H groups in total. The summed E-state index contributed by atoms with van der Waals surface area (Å²) < 4.78 is 2.63. The van der Waals surface area contributed by atoms with E-state index in [1.165, 1.54) is 0 Å². The number of aromatic nitrogens is 2. The number of carboxylic acids is 1. The fraction of sp³-hybridized carbons (Fsp3) is 0.0667. The van der Waals surface area contributed by atoms with Gasteiger partial charge in [-0.05, 0) is 47.1 Å². The van der Waals surface area contributed by atoms with Crippen LogP contribution >= 0.6 is 27.5 Å². The van der Waals surface area contributed by atoms with Gasteiger partial charge in [0.15, 0.2) is 0 Å². The molecule has 106 valence electrons. The number of fused-ring (bicyclic) bond motifs is 1. The molecule has 0 saturated heterocycles. The van der Waals surface area contributed by atoms with Crippen LogP contribution in [-0.2, 0) is 0 Å². The van der Waals surface area contributed by atoms with Crippen LogP contribution in [0.1, 0.15) is 16.2 Å². The minimum atomic E-state index is -0.990. The molecule has 2 aromatic carbocycles. The average molecular weight is 366 g/mol. The van der Waals surface area contributed by atoms with Crippen molar-refractivity contribution in [3.05, 3.63) is 57.3 Å². The highest BCUT2D eigenvalue weighted by Crippen LogP contribution is 2.32. The predicted molar refractivity (Wildman–Crippen MR) is 85.5 cm³/mol. The van der Waals surface area contributed by atoms with Gasteiger partial charge in [-0.1, -0.05) is 23.7 Å². The third kappa shape index (κ3) is 2.22. The van der Waals surface area contributed by atoms with Crippen LogP contribution in [0.2, 0.25) is 5.02 Å². The third-order valence-electron chi connectivity index (χ3n) is 3.26. The van der Waals surface area contributed by atoms with Gasteiger partial charge in [0, 0.05) is 0 Å². The molecule has 0 atom stereocenters. The first-order valence-corrected chi connectivity index (χ1v) is 7.33. The van der Waals surface area contributed by atoms with E-state index in [9.17, 15) is 9.90 Å². The van der Waals surface area contributed by atoms with Crippen LogP contribution in [0, 0.1) is 6.92 Å². The van der Waals surface area contributed by atoms with E-state index >= 15 is 0 Å². The van der Waals surface area contributed by atoms with E-state index in [0.717, 1.165) is 15.7 Å². The van der Waals surface area contributed by atoms with Crippen LogP contribution in [-0.4, -0.2) is 20.6 Å². The Balaban J connectivity index is 2.39. The van der Waals surface area contributed by atoms with Gasteiger partial charge in [0.05, 0.1) is 26.3 Å². The topological polar surface area (TPSA) is 55.1 Å². The second-order valence-corrected chi connectivity index (χ2v) is 5.75. The molecule has 1 heterocycles. The molecule has 3 rings (SSSR count). The molecule has 0 radical (unpaired) electrons. The zero-order chi connectivity index (χ0) is 15.1. The Bertz CT molecular complexity index is 873. The molecule has 0 amide bonds. The van der Waals surface area contributed by atoms with E-state index in [4.69, 9.17) is 11.6 Å². The van der Waals surface area contributed by atoms with Gasteiger partial charge in [-0.15, -0.1) is 0 Å². The number of rotatable bonds is 2. The number of hydrogen-bond donors (Lipinski definition) is 1. The Morgan fingerprint density at radius 3 is 2.71 bits per heavy atom. The minimum Gasteiger partial charge on any atom is -0.478 e. The van der Waals surface area contributed by atoms with Gasteiger partial charge in [0.2, 0.25) is 0 Å². The van der Waals surface area contributed by atoms with Crippen LogP contribution in [0.25, 0.3) is 16.7 Å². The number of aryl methyl sites for hydroxylation is 1. The fourth-order valence-corrected chi connectivity index (χ4v) is 2.97. The Morgan fingerprint density at radius 2 is 2.00 bits per heavy atom. The first-order chi connectivity index (χ1) is 10.0. The lowest BCUT2D eigenvalue weighted by atomic mass is 10.2. The zero-order valence-corrected chi connectivity index (χ0v) is 13.3. The summed E-state index contributed by atoms with van der Waals surface area (Å²) >= 11 is 9.61. The molecule has 0 bridgehead atoms. The second-order valence-electron chi connectivity index (χ2n) is 4.55. The molecule has 0 aliphatic carbocycles. The van der Waals surface area contributed by atoms with Crippen molar-refractivity contribution >= 4 is 44.5 Å². The summed E-state index contributed by atoms with van der Waals surface area (Å²) in [7, 11) is 0. The van der Waals surface area contributed by atoms with Crippen LogP contribution in [0.3, 0.4) is 0 Å². The summed E-state index contributed by atoms with van der Waals surface area (Å²) in [4.78, 5) is 15.7. The lowest BCUT2D eigenvalue weighted by Crippen LogP contribution is -1.99. The van der Waals surface area contributed by atoms with Crippen molar-refractivity contribution in [2.75, 3.05) is 0 Å². The molecule has 0 aliphatic rings. The monoisotopic (exact) mass is 364 g/mol. The summed E-state index contributed by atoms with van der Waals surface area (Å²) in [6, 6.07) is 10.6. The summed E-state index contributed by atoms with van der Waals surface area (Å²) in [5.74, 6) is -0.294. The average Bonchev–Trinajstić information content (AvgIpc) is 2.77. The van der Waals surface area contributed by atoms with Gasteiger partial charge in [-0.3, -0.25) is 4.57 Å². The molecule has 0 fully saturated rings. The maximum atomic E-state index is 11.3. The normalized spacial score (nSPS) is 11.0. The number of carbonyl (C=O) groups is 1. The maximum Gasteiger partial charge on any atom is 0.337 e. The molecular formula is C15H10BrClN2O2. The maximum absolute atomic E-state index is 11.3. The highest BCUT2D eigenvalue weighted by atomic mass is 79.9. The van der Waals surface area contributed by atoms with Gasteiger partial charge in [-0.2, -0.15) is 0 Å². The molecule has 0 saturated carbocycles. The lowest BCUT2D eigenvalue weighted by Gasteiger charge is -2.10. The van der Waals surface area contributed by atoms with E-state index in [1.54, 1.807) is 18.2 Å². The van der Waals surface area contributed by atoms with Gasteiger partial charge in [-0.25, -0.2) is 9.78 Å². The van der Waals surface area contributed by atoms with Gasteiger partial charge >= 0.3 is 5.97 Å². The molecule has 1 aromatic heterocycles. The highest BCUT2D eigenvalue weighted by Gasteiger charge is 2.17. The van der Waals surface area contributed by atoms with Crippen molar-refractivity contribution in [2.45, 2.75) is 6.92 Å². The van der Waals surface area contributed by atoms with E-state index in [0.29, 0.717) is 16.4 Å². The molecule has 3 aromatic rings. The van der Waals surface area contributed by atoms with Crippen molar-refractivity contribution in [2.24, 2.45) is 0 Å². The van der Waals surface area contributed by atoms with Crippen molar-refractivity contribution in [1.82, 2.24) is 9.55 Å². The second kappa shape index (κ2) is 5.16. The minimum absolute atomic E-state index is 0.188. The Kier molecular flexibility index (Phi) is 3.47. The van der Waals surface area contributed by atoms with Crippen LogP contribution < -0.4 is 0 Å².